The minimum absolute atomic E-state index is 0.0824. The molecule has 1 aromatic rings. The summed E-state index contributed by atoms with van der Waals surface area (Å²) in [5, 5.41) is 2.17. The van der Waals surface area contributed by atoms with E-state index in [1.165, 1.54) is 17.0 Å². The Kier molecular flexibility index (Phi) is 5.74. The first-order chi connectivity index (χ1) is 11.3. The van der Waals surface area contributed by atoms with Crippen LogP contribution in [0.15, 0.2) is 18.2 Å². The fourth-order valence-corrected chi connectivity index (χ4v) is 3.12. The van der Waals surface area contributed by atoms with Gasteiger partial charge in [-0.05, 0) is 31.4 Å². The Morgan fingerprint density at radius 1 is 1.42 bits per heavy atom. The standard InChI is InChI=1S/C16H18ClF3N2O2/c1-2-22-12(7-4-8-13(22)23)15(24)21-9-10-5-3-6-11(14(10)17)16(18,19)20/h3,5-6,12H,2,4,7-9H2,1H3,(H,21,24). The van der Waals surface area contributed by atoms with Crippen molar-refractivity contribution in [2.24, 2.45) is 0 Å². The van der Waals surface area contributed by atoms with Gasteiger partial charge in [-0.15, -0.1) is 0 Å². The predicted molar refractivity (Wildman–Crippen MR) is 83.3 cm³/mol. The molecule has 0 aromatic heterocycles. The molecule has 1 unspecified atom stereocenters. The number of nitrogens with one attached hydrogen (secondary N) is 1. The van der Waals surface area contributed by atoms with Crippen LogP contribution in [0.2, 0.25) is 5.02 Å². The van der Waals surface area contributed by atoms with Crippen molar-refractivity contribution in [2.45, 2.75) is 44.9 Å². The van der Waals surface area contributed by atoms with E-state index in [-0.39, 0.29) is 23.9 Å². The summed E-state index contributed by atoms with van der Waals surface area (Å²) < 4.78 is 38.5. The number of likely N-dealkylation sites (N-methyl/N-ethyl adjacent to an activating group) is 1. The van der Waals surface area contributed by atoms with Crippen molar-refractivity contribution in [3.63, 3.8) is 0 Å². The van der Waals surface area contributed by atoms with Crippen LogP contribution in [-0.4, -0.2) is 29.3 Å². The van der Waals surface area contributed by atoms with Crippen LogP contribution >= 0.6 is 11.6 Å². The van der Waals surface area contributed by atoms with Crippen LogP contribution in [0.25, 0.3) is 0 Å². The van der Waals surface area contributed by atoms with Crippen LogP contribution in [0, 0.1) is 0 Å². The molecule has 2 amide bonds. The van der Waals surface area contributed by atoms with E-state index in [4.69, 9.17) is 11.6 Å². The Hall–Kier alpha value is -1.76. The fourth-order valence-electron chi connectivity index (χ4n) is 2.82. The van der Waals surface area contributed by atoms with E-state index in [0.29, 0.717) is 25.8 Å². The van der Waals surface area contributed by atoms with E-state index < -0.39 is 22.8 Å². The van der Waals surface area contributed by atoms with E-state index >= 15 is 0 Å². The summed E-state index contributed by atoms with van der Waals surface area (Å²) in [5.41, 5.74) is -0.746. The van der Waals surface area contributed by atoms with Crippen molar-refractivity contribution in [1.82, 2.24) is 10.2 Å². The van der Waals surface area contributed by atoms with Crippen molar-refractivity contribution >= 4 is 23.4 Å². The number of likely N-dealkylation sites (tertiary alicyclic amines) is 1. The lowest BCUT2D eigenvalue weighted by molar-refractivity contribution is -0.143. The van der Waals surface area contributed by atoms with Gasteiger partial charge in [0.1, 0.15) is 6.04 Å². The maximum atomic E-state index is 12.8. The Bertz CT molecular complexity index is 634. The highest BCUT2D eigenvalue weighted by Crippen LogP contribution is 2.36. The van der Waals surface area contributed by atoms with Gasteiger partial charge in [0.15, 0.2) is 0 Å². The van der Waals surface area contributed by atoms with E-state index in [2.05, 4.69) is 5.32 Å². The van der Waals surface area contributed by atoms with Gasteiger partial charge in [-0.3, -0.25) is 9.59 Å². The largest absolute Gasteiger partial charge is 0.417 e. The van der Waals surface area contributed by atoms with E-state index in [1.807, 2.05) is 0 Å². The molecule has 0 spiro atoms. The average molecular weight is 363 g/mol. The number of hydrogen-bond acceptors (Lipinski definition) is 2. The first-order valence-electron chi connectivity index (χ1n) is 7.67. The molecule has 8 heteroatoms. The number of carbonyl (C=O) groups excluding carboxylic acids is 2. The number of alkyl halides is 3. The second kappa shape index (κ2) is 7.42. The molecule has 1 saturated heterocycles. The monoisotopic (exact) mass is 362 g/mol. The zero-order chi connectivity index (χ0) is 17.9. The summed E-state index contributed by atoms with van der Waals surface area (Å²) in [5.74, 6) is -0.459. The van der Waals surface area contributed by atoms with Crippen LogP contribution in [0.1, 0.15) is 37.3 Å². The highest BCUT2D eigenvalue weighted by Gasteiger charge is 2.34. The van der Waals surface area contributed by atoms with Crippen LogP contribution in [0.3, 0.4) is 0 Å². The summed E-state index contributed by atoms with van der Waals surface area (Å²) in [6.45, 7) is 2.08. The Morgan fingerprint density at radius 3 is 2.75 bits per heavy atom. The Labute approximate surface area is 143 Å². The van der Waals surface area contributed by atoms with Crippen molar-refractivity contribution in [3.05, 3.63) is 34.3 Å². The molecule has 1 aromatic carbocycles. The minimum atomic E-state index is -4.55. The molecule has 2 rings (SSSR count). The molecule has 0 aliphatic carbocycles. The Morgan fingerprint density at radius 2 is 2.12 bits per heavy atom. The molecule has 24 heavy (non-hydrogen) atoms. The maximum absolute atomic E-state index is 12.8. The van der Waals surface area contributed by atoms with Crippen LogP contribution < -0.4 is 5.32 Å². The smallest absolute Gasteiger partial charge is 0.350 e. The number of piperidine rings is 1. The molecule has 0 saturated carbocycles. The third-order valence-corrected chi connectivity index (χ3v) is 4.49. The van der Waals surface area contributed by atoms with E-state index in [9.17, 15) is 22.8 Å². The quantitative estimate of drug-likeness (QED) is 0.892. The van der Waals surface area contributed by atoms with Gasteiger partial charge < -0.3 is 10.2 Å². The van der Waals surface area contributed by atoms with E-state index in [0.717, 1.165) is 6.07 Å². The van der Waals surface area contributed by atoms with Gasteiger partial charge in [0.2, 0.25) is 11.8 Å². The molecule has 1 fully saturated rings. The number of rotatable bonds is 4. The lowest BCUT2D eigenvalue weighted by Crippen LogP contribution is -2.51. The predicted octanol–water partition coefficient (Wildman–Crippen LogP) is 3.38. The van der Waals surface area contributed by atoms with Gasteiger partial charge in [0, 0.05) is 19.5 Å². The molecule has 1 N–H and O–H groups in total. The van der Waals surface area contributed by atoms with Crippen molar-refractivity contribution < 1.29 is 22.8 Å². The Balaban J connectivity index is 2.08. The summed E-state index contributed by atoms with van der Waals surface area (Å²) in [4.78, 5) is 25.6. The molecular formula is C16H18ClF3N2O2. The zero-order valence-corrected chi connectivity index (χ0v) is 13.9. The number of amides is 2. The van der Waals surface area contributed by atoms with E-state index in [1.54, 1.807) is 6.92 Å². The van der Waals surface area contributed by atoms with Gasteiger partial charge in [0.05, 0.1) is 10.6 Å². The topological polar surface area (TPSA) is 49.4 Å². The molecule has 0 radical (unpaired) electrons. The van der Waals surface area contributed by atoms with Gasteiger partial charge >= 0.3 is 6.18 Å². The van der Waals surface area contributed by atoms with Crippen molar-refractivity contribution in [1.29, 1.82) is 0 Å². The van der Waals surface area contributed by atoms with Gasteiger partial charge in [-0.1, -0.05) is 23.7 Å². The second-order valence-electron chi connectivity index (χ2n) is 5.58. The molecule has 0 bridgehead atoms. The van der Waals surface area contributed by atoms with Crippen molar-refractivity contribution in [2.75, 3.05) is 6.54 Å². The number of carbonyl (C=O) groups is 2. The summed E-state index contributed by atoms with van der Waals surface area (Å²) in [7, 11) is 0. The zero-order valence-electron chi connectivity index (χ0n) is 13.1. The van der Waals surface area contributed by atoms with Gasteiger partial charge in [-0.25, -0.2) is 0 Å². The lowest BCUT2D eigenvalue weighted by atomic mass is 10.0. The van der Waals surface area contributed by atoms with Gasteiger partial charge in [-0.2, -0.15) is 13.2 Å². The highest BCUT2D eigenvalue weighted by molar-refractivity contribution is 6.32. The summed E-state index contributed by atoms with van der Waals surface area (Å²) in [6, 6.07) is 2.99. The third-order valence-electron chi connectivity index (χ3n) is 4.05. The lowest BCUT2D eigenvalue weighted by Gasteiger charge is -2.33. The third kappa shape index (κ3) is 4.01. The van der Waals surface area contributed by atoms with Crippen molar-refractivity contribution in [3.8, 4) is 0 Å². The maximum Gasteiger partial charge on any atom is 0.417 e. The average Bonchev–Trinajstić information content (AvgIpc) is 2.52. The number of halogens is 4. The normalized spacial score (nSPS) is 18.6. The molecule has 1 heterocycles. The number of nitrogens with zero attached hydrogens (tertiary/aromatic N) is 1. The van der Waals surface area contributed by atoms with Crippen LogP contribution in [0.4, 0.5) is 13.2 Å². The fraction of sp³-hybridized carbons (Fsp3) is 0.500. The summed E-state index contributed by atoms with van der Waals surface area (Å²) in [6.07, 6.45) is -2.97. The molecule has 132 valence electrons. The van der Waals surface area contributed by atoms with Crippen LogP contribution in [0.5, 0.6) is 0 Å². The molecule has 1 aliphatic heterocycles. The number of benzene rings is 1. The number of hydrogen-bond donors (Lipinski definition) is 1. The molecular weight excluding hydrogens is 345 g/mol. The highest BCUT2D eigenvalue weighted by atomic mass is 35.5. The second-order valence-corrected chi connectivity index (χ2v) is 5.96. The molecule has 4 nitrogen and oxygen atoms in total. The minimum Gasteiger partial charge on any atom is -0.350 e. The SMILES string of the molecule is CCN1C(=O)CCCC1C(=O)NCc1cccc(C(F)(F)F)c1Cl. The van der Waals surface area contributed by atoms with Crippen LogP contribution in [-0.2, 0) is 22.3 Å². The molecule has 1 atom stereocenters. The summed E-state index contributed by atoms with van der Waals surface area (Å²) >= 11 is 5.81. The molecule has 1 aliphatic rings. The van der Waals surface area contributed by atoms with Gasteiger partial charge in [0.25, 0.3) is 0 Å². The first-order valence-corrected chi connectivity index (χ1v) is 8.05. The first kappa shape index (κ1) is 18.6.